The average Bonchev–Trinajstić information content (AvgIpc) is 3.38. The molecule has 4 rings (SSSR count). The summed E-state index contributed by atoms with van der Waals surface area (Å²) in [6, 6.07) is 7.47. The first-order valence-corrected chi connectivity index (χ1v) is 7.85. The zero-order valence-electron chi connectivity index (χ0n) is 14.1. The van der Waals surface area contributed by atoms with Gasteiger partial charge in [-0.05, 0) is 12.1 Å². The number of rotatable bonds is 4. The molecule has 0 aliphatic carbocycles. The van der Waals surface area contributed by atoms with Gasteiger partial charge in [0.25, 0.3) is 11.4 Å². The number of carboxylic acid groups (broad SMARTS) is 1. The number of aromatic amines is 1. The van der Waals surface area contributed by atoms with E-state index in [0.717, 1.165) is 11.0 Å². The Bertz CT molecular complexity index is 1050. The van der Waals surface area contributed by atoms with Gasteiger partial charge in [-0.3, -0.25) is 30.2 Å². The summed E-state index contributed by atoms with van der Waals surface area (Å²) >= 11 is 0. The number of para-hydroxylation sites is 2. The van der Waals surface area contributed by atoms with E-state index in [4.69, 9.17) is 5.11 Å². The first-order chi connectivity index (χ1) is 13.4. The van der Waals surface area contributed by atoms with Gasteiger partial charge in [0.05, 0.1) is 34.0 Å². The number of aromatic nitrogens is 2. The van der Waals surface area contributed by atoms with Gasteiger partial charge < -0.3 is 10.1 Å². The van der Waals surface area contributed by atoms with Crippen molar-refractivity contribution in [1.82, 2.24) is 9.97 Å². The number of allylic oxidation sites excluding steroid dienone is 1. The van der Waals surface area contributed by atoms with Crippen molar-refractivity contribution in [3.8, 4) is 0 Å². The van der Waals surface area contributed by atoms with E-state index in [1.807, 2.05) is 24.3 Å². The maximum absolute atomic E-state index is 10.8. The number of hydrogen-bond donors (Lipinski definition) is 2. The zero-order chi connectivity index (χ0) is 20.3. The Morgan fingerprint density at radius 1 is 1.04 bits per heavy atom. The molecule has 0 fully saturated rings. The lowest BCUT2D eigenvalue weighted by Gasteiger charge is -1.94. The van der Waals surface area contributed by atoms with Crippen LogP contribution < -0.4 is 0 Å². The number of nitrogens with one attached hydrogen (secondary N) is 1. The monoisotopic (exact) mass is 384 g/mol. The summed E-state index contributed by atoms with van der Waals surface area (Å²) in [5, 5.41) is 29.3. The normalized spacial score (nSPS) is 15.1. The molecule has 1 aromatic heterocycles. The summed E-state index contributed by atoms with van der Waals surface area (Å²) in [6.45, 7) is 0.417. The van der Waals surface area contributed by atoms with Crippen LogP contribution in [-0.4, -0.2) is 55.4 Å². The van der Waals surface area contributed by atoms with E-state index in [1.165, 1.54) is 12.2 Å². The van der Waals surface area contributed by atoms with Crippen LogP contribution in [0.15, 0.2) is 57.8 Å². The first-order valence-electron chi connectivity index (χ1n) is 7.85. The van der Waals surface area contributed by atoms with E-state index in [2.05, 4.69) is 20.0 Å². The van der Waals surface area contributed by atoms with E-state index in [9.17, 15) is 25.0 Å². The fourth-order valence-corrected chi connectivity index (χ4v) is 2.56. The molecule has 0 atom stereocenters. The van der Waals surface area contributed by atoms with Crippen molar-refractivity contribution in [3.05, 3.63) is 73.9 Å². The summed E-state index contributed by atoms with van der Waals surface area (Å²) < 4.78 is 0. The molecule has 0 radical (unpaired) electrons. The SMILES string of the molecule is O=C(O)C1=NCC=C1[N+](=O)[O-].O=[N+]([O-])C1=CCN=C1c1nc2ccccc2[nH]1. The average molecular weight is 384 g/mol. The fourth-order valence-electron chi connectivity index (χ4n) is 2.56. The number of hydrogen-bond acceptors (Lipinski definition) is 8. The molecule has 0 spiro atoms. The van der Waals surface area contributed by atoms with Crippen molar-refractivity contribution in [1.29, 1.82) is 0 Å². The number of aliphatic imine (C=N–C) groups is 2. The number of aliphatic carboxylic acids is 1. The lowest BCUT2D eigenvalue weighted by atomic mass is 10.3. The van der Waals surface area contributed by atoms with Crippen LogP contribution in [0.3, 0.4) is 0 Å². The van der Waals surface area contributed by atoms with Crippen LogP contribution in [0.1, 0.15) is 5.82 Å². The third kappa shape index (κ3) is 3.65. The van der Waals surface area contributed by atoms with Gasteiger partial charge in [-0.1, -0.05) is 12.1 Å². The third-order valence-corrected chi connectivity index (χ3v) is 3.76. The molecule has 12 nitrogen and oxygen atoms in total. The quantitative estimate of drug-likeness (QED) is 0.587. The number of nitrogens with zero attached hydrogens (tertiary/aromatic N) is 5. The Morgan fingerprint density at radius 2 is 1.68 bits per heavy atom. The number of fused-ring (bicyclic) bond motifs is 1. The summed E-state index contributed by atoms with van der Waals surface area (Å²) in [5.41, 5.74) is 1.09. The summed E-state index contributed by atoms with van der Waals surface area (Å²) in [5.74, 6) is -0.905. The van der Waals surface area contributed by atoms with Crippen LogP contribution in [0.5, 0.6) is 0 Å². The van der Waals surface area contributed by atoms with E-state index < -0.39 is 27.2 Å². The summed E-state index contributed by atoms with van der Waals surface area (Å²) in [4.78, 5) is 44.8. The van der Waals surface area contributed by atoms with Gasteiger partial charge >= 0.3 is 5.97 Å². The molecule has 1 aromatic carbocycles. The minimum Gasteiger partial charge on any atom is -0.476 e. The molecule has 0 amide bonds. The minimum atomic E-state index is -1.36. The number of benzene rings is 1. The van der Waals surface area contributed by atoms with Crippen LogP contribution in [0, 0.1) is 20.2 Å². The summed E-state index contributed by atoms with van der Waals surface area (Å²) in [6.07, 6.45) is 2.66. The highest BCUT2D eigenvalue weighted by molar-refractivity contribution is 6.42. The molecule has 0 saturated heterocycles. The van der Waals surface area contributed by atoms with Crippen LogP contribution in [0.2, 0.25) is 0 Å². The Balaban J connectivity index is 0.000000178. The highest BCUT2D eigenvalue weighted by Gasteiger charge is 2.28. The van der Waals surface area contributed by atoms with Crippen LogP contribution in [0.4, 0.5) is 0 Å². The van der Waals surface area contributed by atoms with Gasteiger partial charge in [0.1, 0.15) is 0 Å². The van der Waals surface area contributed by atoms with Crippen LogP contribution in [-0.2, 0) is 4.79 Å². The maximum atomic E-state index is 10.8. The Morgan fingerprint density at radius 3 is 2.29 bits per heavy atom. The lowest BCUT2D eigenvalue weighted by Crippen LogP contribution is -2.18. The lowest BCUT2D eigenvalue weighted by molar-refractivity contribution is -0.414. The molecule has 28 heavy (non-hydrogen) atoms. The van der Waals surface area contributed by atoms with Crippen molar-refractivity contribution < 1.29 is 19.7 Å². The van der Waals surface area contributed by atoms with Gasteiger partial charge in [-0.2, -0.15) is 0 Å². The molecule has 2 aromatic rings. The largest absolute Gasteiger partial charge is 0.476 e. The molecule has 2 aliphatic rings. The second-order valence-electron chi connectivity index (χ2n) is 5.48. The predicted octanol–water partition coefficient (Wildman–Crippen LogP) is 1.21. The van der Waals surface area contributed by atoms with E-state index in [-0.39, 0.29) is 12.2 Å². The van der Waals surface area contributed by atoms with Gasteiger partial charge in [-0.15, -0.1) is 0 Å². The molecular formula is C16H12N6O6. The molecule has 0 bridgehead atoms. The zero-order valence-corrected chi connectivity index (χ0v) is 14.1. The summed E-state index contributed by atoms with van der Waals surface area (Å²) in [7, 11) is 0. The van der Waals surface area contributed by atoms with Gasteiger partial charge in [0.2, 0.25) is 5.71 Å². The molecule has 0 unspecified atom stereocenters. The maximum Gasteiger partial charge on any atom is 0.361 e. The number of carbonyl (C=O) groups is 1. The number of nitro groups is 2. The van der Waals surface area contributed by atoms with E-state index >= 15 is 0 Å². The topological polar surface area (TPSA) is 177 Å². The van der Waals surface area contributed by atoms with Gasteiger partial charge in [-0.25, -0.2) is 9.78 Å². The highest BCUT2D eigenvalue weighted by Crippen LogP contribution is 2.17. The smallest absolute Gasteiger partial charge is 0.361 e. The van der Waals surface area contributed by atoms with E-state index in [0.29, 0.717) is 18.1 Å². The molecule has 142 valence electrons. The minimum absolute atomic E-state index is 0.0176. The van der Waals surface area contributed by atoms with Crippen molar-refractivity contribution in [2.75, 3.05) is 13.1 Å². The van der Waals surface area contributed by atoms with E-state index in [1.54, 1.807) is 0 Å². The Labute approximate surface area is 155 Å². The Kier molecular flexibility index (Phi) is 5.02. The third-order valence-electron chi connectivity index (χ3n) is 3.76. The number of imidazole rings is 1. The van der Waals surface area contributed by atoms with Crippen LogP contribution >= 0.6 is 0 Å². The van der Waals surface area contributed by atoms with Crippen LogP contribution in [0.25, 0.3) is 11.0 Å². The standard InChI is InChI=1S/C11H8N4O2.C5H4N2O4/c16-15(17)9-5-6-12-10(9)11-13-7-3-1-2-4-8(7)14-11;8-5(9)4-3(7(10)11)1-2-6-4/h1-5H,6H2,(H,13,14);1H,2H2,(H,8,9). The van der Waals surface area contributed by atoms with Crippen molar-refractivity contribution in [2.24, 2.45) is 9.98 Å². The molecule has 2 N–H and O–H groups in total. The Hall–Kier alpha value is -4.22. The molecule has 0 saturated carbocycles. The van der Waals surface area contributed by atoms with Gasteiger partial charge in [0, 0.05) is 12.2 Å². The number of H-pyrrole nitrogens is 1. The van der Waals surface area contributed by atoms with Crippen molar-refractivity contribution in [2.45, 2.75) is 0 Å². The second-order valence-corrected chi connectivity index (χ2v) is 5.48. The predicted molar refractivity (Wildman–Crippen MR) is 97.6 cm³/mol. The molecule has 3 heterocycles. The second kappa shape index (κ2) is 7.57. The van der Waals surface area contributed by atoms with Crippen molar-refractivity contribution >= 4 is 28.4 Å². The molecular weight excluding hydrogens is 372 g/mol. The number of carboxylic acids is 1. The fraction of sp³-hybridized carbons (Fsp3) is 0.125. The van der Waals surface area contributed by atoms with Crippen molar-refractivity contribution in [3.63, 3.8) is 0 Å². The van der Waals surface area contributed by atoms with Gasteiger partial charge in [0.15, 0.2) is 11.5 Å². The highest BCUT2D eigenvalue weighted by atomic mass is 16.6. The molecule has 12 heteroatoms. The first kappa shape index (κ1) is 18.6. The molecule has 2 aliphatic heterocycles.